The van der Waals surface area contributed by atoms with Crippen molar-refractivity contribution < 1.29 is 13.9 Å². The van der Waals surface area contributed by atoms with Gasteiger partial charge < -0.3 is 24.5 Å². The van der Waals surface area contributed by atoms with Crippen molar-refractivity contribution in [1.82, 2.24) is 10.6 Å². The number of methoxy groups -OCH3 is 2. The predicted octanol–water partition coefficient (Wildman–Crippen LogP) is 2.25. The monoisotopic (exact) mass is 331 g/mol. The molecule has 0 unspecified atom stereocenters. The highest BCUT2D eigenvalue weighted by Crippen LogP contribution is 2.27. The first-order valence-electron chi connectivity index (χ1n) is 7.94. The molecule has 0 aliphatic heterocycles. The van der Waals surface area contributed by atoms with Crippen LogP contribution in [-0.2, 0) is 12.8 Å². The number of ether oxygens (including phenoxy) is 2. The van der Waals surface area contributed by atoms with Crippen molar-refractivity contribution in [3.05, 3.63) is 47.9 Å². The van der Waals surface area contributed by atoms with Crippen LogP contribution >= 0.6 is 0 Å². The summed E-state index contributed by atoms with van der Waals surface area (Å²) in [5.74, 6) is 3.23. The lowest BCUT2D eigenvalue weighted by Crippen LogP contribution is -2.39. The summed E-state index contributed by atoms with van der Waals surface area (Å²) in [5.41, 5.74) is 1.17. The predicted molar refractivity (Wildman–Crippen MR) is 95.0 cm³/mol. The van der Waals surface area contributed by atoms with Gasteiger partial charge in [0, 0.05) is 26.6 Å². The Labute approximate surface area is 142 Å². The smallest absolute Gasteiger partial charge is 0.191 e. The average molecular weight is 331 g/mol. The van der Waals surface area contributed by atoms with E-state index in [4.69, 9.17) is 13.9 Å². The molecule has 1 aromatic carbocycles. The van der Waals surface area contributed by atoms with Crippen molar-refractivity contribution >= 4 is 5.96 Å². The zero-order valence-corrected chi connectivity index (χ0v) is 14.5. The number of nitrogens with zero attached hydrogens (tertiary/aromatic N) is 1. The van der Waals surface area contributed by atoms with Gasteiger partial charge in [-0.2, -0.15) is 0 Å². The summed E-state index contributed by atoms with van der Waals surface area (Å²) >= 11 is 0. The van der Waals surface area contributed by atoms with E-state index in [1.165, 1.54) is 5.56 Å². The SMILES string of the molecule is CN=C(NCCc1ccc(OC)c(OC)c1)NCCc1ccco1. The summed E-state index contributed by atoms with van der Waals surface area (Å²) in [5, 5.41) is 6.57. The minimum Gasteiger partial charge on any atom is -0.493 e. The van der Waals surface area contributed by atoms with Crippen LogP contribution in [0.25, 0.3) is 0 Å². The number of hydrogen-bond acceptors (Lipinski definition) is 4. The summed E-state index contributed by atoms with van der Waals surface area (Å²) in [4.78, 5) is 4.22. The minimum absolute atomic E-state index is 0.740. The summed E-state index contributed by atoms with van der Waals surface area (Å²) in [7, 11) is 5.04. The Balaban J connectivity index is 1.75. The molecule has 1 aromatic heterocycles. The van der Waals surface area contributed by atoms with Crippen LogP contribution in [0.4, 0.5) is 0 Å². The molecule has 1 heterocycles. The third-order valence-electron chi connectivity index (χ3n) is 3.62. The molecule has 2 aromatic rings. The maximum Gasteiger partial charge on any atom is 0.191 e. The molecule has 130 valence electrons. The zero-order valence-electron chi connectivity index (χ0n) is 14.5. The first-order valence-corrected chi connectivity index (χ1v) is 7.94. The number of nitrogens with one attached hydrogen (secondary N) is 2. The van der Waals surface area contributed by atoms with E-state index in [0.717, 1.165) is 49.1 Å². The van der Waals surface area contributed by atoms with Gasteiger partial charge in [0.25, 0.3) is 0 Å². The molecule has 2 N–H and O–H groups in total. The van der Waals surface area contributed by atoms with E-state index >= 15 is 0 Å². The van der Waals surface area contributed by atoms with Gasteiger partial charge in [-0.15, -0.1) is 0 Å². The lowest BCUT2D eigenvalue weighted by Gasteiger charge is -2.12. The second-order valence-corrected chi connectivity index (χ2v) is 5.19. The van der Waals surface area contributed by atoms with Crippen molar-refractivity contribution in [2.75, 3.05) is 34.4 Å². The second-order valence-electron chi connectivity index (χ2n) is 5.19. The molecule has 0 saturated heterocycles. The van der Waals surface area contributed by atoms with Crippen molar-refractivity contribution in [2.24, 2.45) is 4.99 Å². The molecule has 0 aliphatic rings. The van der Waals surface area contributed by atoms with Gasteiger partial charge in [0.05, 0.1) is 20.5 Å². The van der Waals surface area contributed by atoms with Gasteiger partial charge in [-0.3, -0.25) is 4.99 Å². The Morgan fingerprint density at radius 3 is 2.42 bits per heavy atom. The van der Waals surface area contributed by atoms with Crippen molar-refractivity contribution in [3.8, 4) is 11.5 Å². The van der Waals surface area contributed by atoms with E-state index in [9.17, 15) is 0 Å². The van der Waals surface area contributed by atoms with Gasteiger partial charge in [0.2, 0.25) is 0 Å². The van der Waals surface area contributed by atoms with E-state index < -0.39 is 0 Å². The van der Waals surface area contributed by atoms with Crippen LogP contribution in [-0.4, -0.2) is 40.3 Å². The fraction of sp³-hybridized carbons (Fsp3) is 0.389. The first kappa shape index (κ1) is 17.7. The molecule has 0 amide bonds. The molecule has 0 radical (unpaired) electrons. The molecule has 0 bridgehead atoms. The van der Waals surface area contributed by atoms with Gasteiger partial charge in [-0.05, 0) is 36.2 Å². The highest BCUT2D eigenvalue weighted by atomic mass is 16.5. The maximum atomic E-state index is 5.32. The molecule has 0 atom stereocenters. The van der Waals surface area contributed by atoms with Gasteiger partial charge in [0.15, 0.2) is 17.5 Å². The molecule has 6 nitrogen and oxygen atoms in total. The van der Waals surface area contributed by atoms with Crippen LogP contribution < -0.4 is 20.1 Å². The second kappa shape index (κ2) is 9.50. The highest BCUT2D eigenvalue weighted by molar-refractivity contribution is 5.79. The van der Waals surface area contributed by atoms with Crippen molar-refractivity contribution in [1.29, 1.82) is 0 Å². The summed E-state index contributed by atoms with van der Waals surface area (Å²) < 4.78 is 15.9. The maximum absolute atomic E-state index is 5.32. The molecule has 0 spiro atoms. The number of rotatable bonds is 8. The Kier molecular flexibility index (Phi) is 7.01. The molecule has 0 fully saturated rings. The third kappa shape index (κ3) is 5.22. The standard InChI is InChI=1S/C18H25N3O3/c1-19-18(21-11-9-15-5-4-12-24-15)20-10-8-14-6-7-16(22-2)17(13-14)23-3/h4-7,12-13H,8-11H2,1-3H3,(H2,19,20,21). The Morgan fingerprint density at radius 1 is 1.04 bits per heavy atom. The molecular weight excluding hydrogens is 306 g/mol. The van der Waals surface area contributed by atoms with Crippen LogP contribution in [0, 0.1) is 0 Å². The number of hydrogen-bond donors (Lipinski definition) is 2. The van der Waals surface area contributed by atoms with E-state index in [1.807, 2.05) is 30.3 Å². The fourth-order valence-corrected chi connectivity index (χ4v) is 2.34. The van der Waals surface area contributed by atoms with Crippen LogP contribution in [0.2, 0.25) is 0 Å². The first-order chi connectivity index (χ1) is 11.8. The Hall–Kier alpha value is -2.63. The summed E-state index contributed by atoms with van der Waals surface area (Å²) in [6.07, 6.45) is 3.37. The summed E-state index contributed by atoms with van der Waals surface area (Å²) in [6.45, 7) is 1.54. The van der Waals surface area contributed by atoms with Gasteiger partial charge >= 0.3 is 0 Å². The molecule has 2 rings (SSSR count). The van der Waals surface area contributed by atoms with Gasteiger partial charge in [0.1, 0.15) is 5.76 Å². The summed E-state index contributed by atoms with van der Waals surface area (Å²) in [6, 6.07) is 9.81. The largest absolute Gasteiger partial charge is 0.493 e. The van der Waals surface area contributed by atoms with Crippen molar-refractivity contribution in [3.63, 3.8) is 0 Å². The normalized spacial score (nSPS) is 11.2. The van der Waals surface area contributed by atoms with Gasteiger partial charge in [-0.25, -0.2) is 0 Å². The topological polar surface area (TPSA) is 68.0 Å². The van der Waals surface area contributed by atoms with E-state index in [-0.39, 0.29) is 0 Å². The molecule has 0 saturated carbocycles. The van der Waals surface area contributed by atoms with E-state index in [0.29, 0.717) is 0 Å². The molecule has 0 aliphatic carbocycles. The number of furan rings is 1. The van der Waals surface area contributed by atoms with E-state index in [1.54, 1.807) is 27.5 Å². The lowest BCUT2D eigenvalue weighted by atomic mass is 10.1. The Bertz CT molecular complexity index is 639. The van der Waals surface area contributed by atoms with Crippen LogP contribution in [0.3, 0.4) is 0 Å². The number of aliphatic imine (C=N–C) groups is 1. The number of benzene rings is 1. The quantitative estimate of drug-likeness (QED) is 0.574. The average Bonchev–Trinajstić information content (AvgIpc) is 3.13. The lowest BCUT2D eigenvalue weighted by molar-refractivity contribution is 0.354. The fourth-order valence-electron chi connectivity index (χ4n) is 2.34. The molecule has 24 heavy (non-hydrogen) atoms. The van der Waals surface area contributed by atoms with Gasteiger partial charge in [-0.1, -0.05) is 6.07 Å². The van der Waals surface area contributed by atoms with Crippen molar-refractivity contribution in [2.45, 2.75) is 12.8 Å². The van der Waals surface area contributed by atoms with Crippen LogP contribution in [0.5, 0.6) is 11.5 Å². The van der Waals surface area contributed by atoms with E-state index in [2.05, 4.69) is 15.6 Å². The number of guanidine groups is 1. The molecular formula is C18H25N3O3. The Morgan fingerprint density at radius 2 is 1.79 bits per heavy atom. The minimum atomic E-state index is 0.740. The van der Waals surface area contributed by atoms with Crippen LogP contribution in [0.1, 0.15) is 11.3 Å². The third-order valence-corrected chi connectivity index (χ3v) is 3.62. The molecule has 6 heteroatoms. The zero-order chi connectivity index (χ0) is 17.2. The van der Waals surface area contributed by atoms with Crippen LogP contribution in [0.15, 0.2) is 46.0 Å². The highest BCUT2D eigenvalue weighted by Gasteiger charge is 2.05.